The zero-order chi connectivity index (χ0) is 10.3. The van der Waals surface area contributed by atoms with E-state index in [0.717, 1.165) is 12.1 Å². The number of aromatic nitrogens is 1. The highest BCUT2D eigenvalue weighted by molar-refractivity contribution is 6.37. The quantitative estimate of drug-likeness (QED) is 0.631. The molecule has 14 heavy (non-hydrogen) atoms. The molecule has 1 aromatic heterocycles. The van der Waals surface area contributed by atoms with Crippen LogP contribution in [0.3, 0.4) is 0 Å². The van der Waals surface area contributed by atoms with Gasteiger partial charge in [0.15, 0.2) is 11.6 Å². The maximum Gasteiger partial charge on any atom is 0.161 e. The molecule has 0 spiro atoms. The summed E-state index contributed by atoms with van der Waals surface area (Å²) in [6, 6.07) is 3.33. The normalized spacial score (nSPS) is 10.9. The number of pyridine rings is 1. The number of hydrogen-bond acceptors (Lipinski definition) is 1. The molecule has 0 bridgehead atoms. The van der Waals surface area contributed by atoms with Gasteiger partial charge in [-0.2, -0.15) is 0 Å². The molecule has 0 aliphatic carbocycles. The first-order valence-electron chi connectivity index (χ1n) is 3.69. The molecule has 1 nitrogen and oxygen atoms in total. The van der Waals surface area contributed by atoms with Gasteiger partial charge < -0.3 is 0 Å². The van der Waals surface area contributed by atoms with Crippen LogP contribution in [0.15, 0.2) is 18.2 Å². The molecule has 0 aliphatic rings. The van der Waals surface area contributed by atoms with Gasteiger partial charge in [0, 0.05) is 11.5 Å². The van der Waals surface area contributed by atoms with Crippen molar-refractivity contribution >= 4 is 34.1 Å². The van der Waals surface area contributed by atoms with Crippen molar-refractivity contribution in [3.8, 4) is 0 Å². The fourth-order valence-electron chi connectivity index (χ4n) is 1.15. The maximum atomic E-state index is 12.8. The lowest BCUT2D eigenvalue weighted by molar-refractivity contribution is 0.510. The second-order valence-corrected chi connectivity index (χ2v) is 3.50. The van der Waals surface area contributed by atoms with E-state index in [1.54, 1.807) is 0 Å². The predicted molar refractivity (Wildman–Crippen MR) is 51.7 cm³/mol. The van der Waals surface area contributed by atoms with Crippen LogP contribution in [0, 0.1) is 11.6 Å². The van der Waals surface area contributed by atoms with Crippen molar-refractivity contribution in [3.63, 3.8) is 0 Å². The fourth-order valence-corrected chi connectivity index (χ4v) is 1.66. The van der Waals surface area contributed by atoms with Crippen molar-refractivity contribution in [2.24, 2.45) is 0 Å². The van der Waals surface area contributed by atoms with E-state index in [2.05, 4.69) is 4.98 Å². The Kier molecular flexibility index (Phi) is 2.29. The predicted octanol–water partition coefficient (Wildman–Crippen LogP) is 3.82. The Hall–Kier alpha value is -0.930. The number of benzene rings is 1. The van der Waals surface area contributed by atoms with E-state index in [4.69, 9.17) is 23.2 Å². The summed E-state index contributed by atoms with van der Waals surface area (Å²) in [6.07, 6.45) is 0. The van der Waals surface area contributed by atoms with Gasteiger partial charge >= 0.3 is 0 Å². The minimum absolute atomic E-state index is 0.147. The molecule has 0 aliphatic heterocycles. The molecule has 0 saturated carbocycles. The Bertz CT molecular complexity index is 514. The van der Waals surface area contributed by atoms with Gasteiger partial charge in [0.2, 0.25) is 0 Å². The minimum atomic E-state index is -0.969. The number of nitrogens with zero attached hydrogens (tertiary/aromatic N) is 1. The topological polar surface area (TPSA) is 12.9 Å². The van der Waals surface area contributed by atoms with E-state index in [0.29, 0.717) is 5.39 Å². The van der Waals surface area contributed by atoms with Gasteiger partial charge in [-0.05, 0) is 12.1 Å². The third kappa shape index (κ3) is 1.53. The smallest absolute Gasteiger partial charge is 0.161 e. The van der Waals surface area contributed by atoms with Gasteiger partial charge in [-0.1, -0.05) is 23.2 Å². The lowest BCUT2D eigenvalue weighted by atomic mass is 10.2. The molecule has 0 radical (unpaired) electrons. The fraction of sp³-hybridized carbons (Fsp3) is 0. The first kappa shape index (κ1) is 9.62. The summed E-state index contributed by atoms with van der Waals surface area (Å²) in [5.41, 5.74) is 0.237. The second-order valence-electron chi connectivity index (χ2n) is 2.71. The summed E-state index contributed by atoms with van der Waals surface area (Å²) in [5.74, 6) is -1.92. The van der Waals surface area contributed by atoms with Gasteiger partial charge in [0.05, 0.1) is 10.5 Å². The standard InChI is InChI=1S/C9H3Cl2F2N/c10-5-2-9(11)14-8-3-7(13)6(12)1-4(5)8/h1-3H. The molecule has 1 aromatic carbocycles. The number of fused-ring (bicyclic) bond motifs is 1. The van der Waals surface area contributed by atoms with Crippen LogP contribution in [0.2, 0.25) is 10.2 Å². The average molecular weight is 234 g/mol. The van der Waals surface area contributed by atoms with E-state index in [-0.39, 0.29) is 15.7 Å². The SMILES string of the molecule is Fc1cc2nc(Cl)cc(Cl)c2cc1F. The summed E-state index contributed by atoms with van der Waals surface area (Å²) in [4.78, 5) is 3.81. The Morgan fingerprint density at radius 2 is 1.64 bits per heavy atom. The van der Waals surface area contributed by atoms with Crippen molar-refractivity contribution in [1.29, 1.82) is 0 Å². The molecule has 72 valence electrons. The van der Waals surface area contributed by atoms with Crippen LogP contribution in [0.4, 0.5) is 8.78 Å². The highest BCUT2D eigenvalue weighted by Gasteiger charge is 2.08. The molecule has 0 unspecified atom stereocenters. The summed E-state index contributed by atoms with van der Waals surface area (Å²) >= 11 is 11.4. The lowest BCUT2D eigenvalue weighted by Gasteiger charge is -2.01. The minimum Gasteiger partial charge on any atom is -0.236 e. The monoisotopic (exact) mass is 233 g/mol. The van der Waals surface area contributed by atoms with Crippen molar-refractivity contribution in [2.45, 2.75) is 0 Å². The van der Waals surface area contributed by atoms with Crippen LogP contribution in [0.25, 0.3) is 10.9 Å². The summed E-state index contributed by atoms with van der Waals surface area (Å²) in [6.45, 7) is 0. The Balaban J connectivity index is 2.89. The molecule has 1 heterocycles. The second kappa shape index (κ2) is 3.33. The lowest BCUT2D eigenvalue weighted by Crippen LogP contribution is -1.88. The van der Waals surface area contributed by atoms with E-state index in [1.807, 2.05) is 0 Å². The van der Waals surface area contributed by atoms with E-state index in [1.165, 1.54) is 6.07 Å². The Labute approximate surface area is 88.3 Å². The first-order chi connectivity index (χ1) is 6.58. The van der Waals surface area contributed by atoms with Crippen molar-refractivity contribution < 1.29 is 8.78 Å². The van der Waals surface area contributed by atoms with E-state index >= 15 is 0 Å². The third-order valence-electron chi connectivity index (χ3n) is 1.77. The molecular formula is C9H3Cl2F2N. The molecule has 0 N–H and O–H groups in total. The number of halogens is 4. The van der Waals surface area contributed by atoms with Crippen LogP contribution in [-0.4, -0.2) is 4.98 Å². The van der Waals surface area contributed by atoms with Crippen LogP contribution < -0.4 is 0 Å². The van der Waals surface area contributed by atoms with E-state index in [9.17, 15) is 8.78 Å². The molecule has 2 aromatic rings. The van der Waals surface area contributed by atoms with Crippen LogP contribution >= 0.6 is 23.2 Å². The molecule has 0 saturated heterocycles. The summed E-state index contributed by atoms with van der Waals surface area (Å²) < 4.78 is 25.6. The Morgan fingerprint density at radius 1 is 1.00 bits per heavy atom. The van der Waals surface area contributed by atoms with Crippen molar-refractivity contribution in [1.82, 2.24) is 4.98 Å². The first-order valence-corrected chi connectivity index (χ1v) is 4.44. The summed E-state index contributed by atoms with van der Waals surface area (Å²) in [5, 5.41) is 0.738. The Morgan fingerprint density at radius 3 is 2.36 bits per heavy atom. The summed E-state index contributed by atoms with van der Waals surface area (Å²) in [7, 11) is 0. The van der Waals surface area contributed by atoms with Gasteiger partial charge in [0.25, 0.3) is 0 Å². The average Bonchev–Trinajstić information content (AvgIpc) is 2.08. The highest BCUT2D eigenvalue weighted by atomic mass is 35.5. The van der Waals surface area contributed by atoms with Crippen molar-refractivity contribution in [3.05, 3.63) is 40.0 Å². The van der Waals surface area contributed by atoms with Crippen molar-refractivity contribution in [2.75, 3.05) is 0 Å². The van der Waals surface area contributed by atoms with Gasteiger partial charge in [-0.25, -0.2) is 13.8 Å². The number of hydrogen-bond donors (Lipinski definition) is 0. The molecular weight excluding hydrogens is 231 g/mol. The third-order valence-corrected chi connectivity index (χ3v) is 2.28. The zero-order valence-corrected chi connectivity index (χ0v) is 8.20. The maximum absolute atomic E-state index is 12.8. The molecule has 0 fully saturated rings. The zero-order valence-electron chi connectivity index (χ0n) is 6.69. The number of rotatable bonds is 0. The van der Waals surface area contributed by atoms with Gasteiger partial charge in [-0.3, -0.25) is 0 Å². The van der Waals surface area contributed by atoms with Gasteiger partial charge in [0.1, 0.15) is 5.15 Å². The highest BCUT2D eigenvalue weighted by Crippen LogP contribution is 2.26. The molecule has 5 heteroatoms. The van der Waals surface area contributed by atoms with Crippen LogP contribution in [0.5, 0.6) is 0 Å². The van der Waals surface area contributed by atoms with Gasteiger partial charge in [-0.15, -0.1) is 0 Å². The van der Waals surface area contributed by atoms with Crippen LogP contribution in [0.1, 0.15) is 0 Å². The molecule has 2 rings (SSSR count). The molecule has 0 atom stereocenters. The van der Waals surface area contributed by atoms with E-state index < -0.39 is 11.6 Å². The largest absolute Gasteiger partial charge is 0.236 e. The van der Waals surface area contributed by atoms with Crippen LogP contribution in [-0.2, 0) is 0 Å². The molecule has 0 amide bonds.